The van der Waals surface area contributed by atoms with Crippen LogP contribution in [-0.4, -0.2) is 37.6 Å². The molecule has 1 fully saturated rings. The van der Waals surface area contributed by atoms with Crippen molar-refractivity contribution < 1.29 is 23.0 Å². The van der Waals surface area contributed by atoms with Gasteiger partial charge in [0.25, 0.3) is 5.56 Å². The van der Waals surface area contributed by atoms with Gasteiger partial charge in [0, 0.05) is 39.5 Å². The molecular formula is C27H25ClF3N3O4S. The van der Waals surface area contributed by atoms with Crippen LogP contribution in [0.4, 0.5) is 13.2 Å². The molecule has 1 aliphatic rings. The van der Waals surface area contributed by atoms with E-state index in [1.165, 1.54) is 11.3 Å². The zero-order valence-electron chi connectivity index (χ0n) is 20.9. The van der Waals surface area contributed by atoms with Crippen LogP contribution in [0.3, 0.4) is 0 Å². The van der Waals surface area contributed by atoms with Crippen molar-refractivity contribution in [3.63, 3.8) is 0 Å². The van der Waals surface area contributed by atoms with Crippen LogP contribution in [-0.2, 0) is 13.1 Å². The topological polar surface area (TPSA) is 86.4 Å². The Hall–Kier alpha value is -3.15. The Morgan fingerprint density at radius 2 is 1.87 bits per heavy atom. The van der Waals surface area contributed by atoms with E-state index in [0.29, 0.717) is 38.6 Å². The number of thiophene rings is 1. The van der Waals surface area contributed by atoms with Gasteiger partial charge in [0.05, 0.1) is 29.0 Å². The molecule has 1 aromatic carbocycles. The molecule has 4 aromatic rings. The number of aromatic nitrogens is 3. The van der Waals surface area contributed by atoms with Crippen molar-refractivity contribution in [1.82, 2.24) is 14.1 Å². The zero-order chi connectivity index (χ0) is 27.9. The summed E-state index contributed by atoms with van der Waals surface area (Å²) in [5.74, 6) is 0.678. The fourth-order valence-corrected chi connectivity index (χ4v) is 6.27. The number of aliphatic hydroxyl groups excluding tert-OH is 1. The summed E-state index contributed by atoms with van der Waals surface area (Å²) >= 11 is 7.73. The predicted molar refractivity (Wildman–Crippen MR) is 144 cm³/mol. The monoisotopic (exact) mass is 579 g/mol. The van der Waals surface area contributed by atoms with Gasteiger partial charge in [0.15, 0.2) is 0 Å². The fraction of sp³-hybridized carbons (Fsp3) is 0.370. The Morgan fingerprint density at radius 1 is 1.13 bits per heavy atom. The molecule has 39 heavy (non-hydrogen) atoms. The normalized spacial score (nSPS) is 18.0. The number of nitrogens with zero attached hydrogens (tertiary/aromatic N) is 3. The molecule has 1 aliphatic carbocycles. The number of rotatable bonds is 6. The standard InChI is InChI=1S/C27H25ClF3N3O4S/c1-15-10-16(28)11-21(24(15)38-18-4-2-17(35)3-5-18)20-6-8-32-22-12-19(39-25(20)22)13-34-23(36)7-9-33(26(34)37)14-27(29,30)31/h6-12,17-18,35H,2-5,13-14H2,1H3. The molecule has 0 aliphatic heterocycles. The molecule has 0 bridgehead atoms. The molecule has 206 valence electrons. The van der Waals surface area contributed by atoms with Gasteiger partial charge in [-0.15, -0.1) is 11.3 Å². The van der Waals surface area contributed by atoms with E-state index >= 15 is 0 Å². The molecule has 0 radical (unpaired) electrons. The molecular weight excluding hydrogens is 555 g/mol. The Kier molecular flexibility index (Phi) is 7.58. The van der Waals surface area contributed by atoms with Gasteiger partial charge in [0.1, 0.15) is 12.3 Å². The maximum Gasteiger partial charge on any atom is 0.406 e. The molecule has 0 saturated heterocycles. The number of fused-ring (bicyclic) bond motifs is 1. The lowest BCUT2D eigenvalue weighted by atomic mass is 9.94. The molecule has 12 heteroatoms. The Bertz CT molecular complexity index is 1640. The average molecular weight is 580 g/mol. The average Bonchev–Trinajstić information content (AvgIpc) is 3.28. The first-order valence-electron chi connectivity index (χ1n) is 12.4. The highest BCUT2D eigenvalue weighted by molar-refractivity contribution is 7.19. The summed E-state index contributed by atoms with van der Waals surface area (Å²) < 4.78 is 47.2. The van der Waals surface area contributed by atoms with Crippen molar-refractivity contribution in [1.29, 1.82) is 0 Å². The van der Waals surface area contributed by atoms with Crippen molar-refractivity contribution in [2.75, 3.05) is 0 Å². The van der Waals surface area contributed by atoms with E-state index in [0.717, 1.165) is 51.1 Å². The van der Waals surface area contributed by atoms with E-state index < -0.39 is 24.0 Å². The Balaban J connectivity index is 1.53. The van der Waals surface area contributed by atoms with E-state index in [1.54, 1.807) is 12.3 Å². The highest BCUT2D eigenvalue weighted by Gasteiger charge is 2.29. The lowest BCUT2D eigenvalue weighted by Crippen LogP contribution is -2.41. The van der Waals surface area contributed by atoms with Gasteiger partial charge < -0.3 is 9.84 Å². The molecule has 0 spiro atoms. The van der Waals surface area contributed by atoms with Crippen molar-refractivity contribution in [3.05, 3.63) is 79.0 Å². The third-order valence-electron chi connectivity index (χ3n) is 6.72. The minimum absolute atomic E-state index is 0.0490. The van der Waals surface area contributed by atoms with Crippen LogP contribution in [0.15, 0.2) is 52.3 Å². The second-order valence-electron chi connectivity index (χ2n) is 9.70. The summed E-state index contributed by atoms with van der Waals surface area (Å²) in [6.45, 7) is 0.231. The second-order valence-corrected chi connectivity index (χ2v) is 11.3. The van der Waals surface area contributed by atoms with Gasteiger partial charge in [0.2, 0.25) is 0 Å². The summed E-state index contributed by atoms with van der Waals surface area (Å²) in [5.41, 5.74) is 1.29. The lowest BCUT2D eigenvalue weighted by Gasteiger charge is -2.28. The molecule has 1 saturated carbocycles. The van der Waals surface area contributed by atoms with Gasteiger partial charge >= 0.3 is 11.9 Å². The van der Waals surface area contributed by atoms with Crippen LogP contribution in [0, 0.1) is 6.92 Å². The third kappa shape index (κ3) is 6.05. The van der Waals surface area contributed by atoms with Crippen LogP contribution in [0.2, 0.25) is 5.02 Å². The van der Waals surface area contributed by atoms with E-state index in [2.05, 4.69) is 4.98 Å². The largest absolute Gasteiger partial charge is 0.490 e. The first-order valence-corrected chi connectivity index (χ1v) is 13.6. The molecule has 5 rings (SSSR count). The summed E-state index contributed by atoms with van der Waals surface area (Å²) in [7, 11) is 0. The van der Waals surface area contributed by atoms with Crippen LogP contribution in [0.1, 0.15) is 36.1 Å². The van der Waals surface area contributed by atoms with Crippen LogP contribution < -0.4 is 16.0 Å². The fourth-order valence-electron chi connectivity index (χ4n) is 4.87. The molecule has 3 aromatic heterocycles. The number of ether oxygens (including phenoxy) is 1. The van der Waals surface area contributed by atoms with E-state index in [4.69, 9.17) is 16.3 Å². The van der Waals surface area contributed by atoms with Gasteiger partial charge in [-0.25, -0.2) is 4.79 Å². The maximum atomic E-state index is 12.9. The molecule has 7 nitrogen and oxygen atoms in total. The van der Waals surface area contributed by atoms with Gasteiger partial charge in [-0.1, -0.05) is 11.6 Å². The van der Waals surface area contributed by atoms with E-state index in [1.807, 2.05) is 25.1 Å². The number of benzene rings is 1. The highest BCUT2D eigenvalue weighted by Crippen LogP contribution is 2.42. The van der Waals surface area contributed by atoms with Crippen molar-refractivity contribution in [2.45, 2.75) is 64.1 Å². The Morgan fingerprint density at radius 3 is 2.59 bits per heavy atom. The van der Waals surface area contributed by atoms with E-state index in [9.17, 15) is 27.9 Å². The number of halogens is 4. The number of aliphatic hydroxyl groups is 1. The summed E-state index contributed by atoms with van der Waals surface area (Å²) in [6.07, 6.45) is 0.334. The molecule has 3 heterocycles. The molecule has 1 N–H and O–H groups in total. The van der Waals surface area contributed by atoms with Crippen molar-refractivity contribution in [2.24, 2.45) is 0 Å². The number of hydrogen-bond acceptors (Lipinski definition) is 6. The number of hydrogen-bond donors (Lipinski definition) is 1. The molecule has 0 amide bonds. The smallest absolute Gasteiger partial charge is 0.406 e. The SMILES string of the molecule is Cc1cc(Cl)cc(-c2ccnc3cc(Cn4c(=O)ccn(CC(F)(F)F)c4=O)sc23)c1OC1CCC(O)CC1. The first kappa shape index (κ1) is 27.4. The van der Waals surface area contributed by atoms with E-state index in [-0.39, 0.29) is 18.8 Å². The predicted octanol–water partition coefficient (Wildman–Crippen LogP) is 5.54. The summed E-state index contributed by atoms with van der Waals surface area (Å²) in [4.78, 5) is 30.1. The zero-order valence-corrected chi connectivity index (χ0v) is 22.4. The third-order valence-corrected chi connectivity index (χ3v) is 8.08. The quantitative estimate of drug-likeness (QED) is 0.324. The van der Waals surface area contributed by atoms with Crippen molar-refractivity contribution >= 4 is 33.2 Å². The van der Waals surface area contributed by atoms with Crippen LogP contribution in [0.5, 0.6) is 5.75 Å². The van der Waals surface area contributed by atoms with Gasteiger partial charge in [-0.05, 0) is 62.4 Å². The van der Waals surface area contributed by atoms with Crippen LogP contribution >= 0.6 is 22.9 Å². The number of alkyl halides is 3. The summed E-state index contributed by atoms with van der Waals surface area (Å²) in [6, 6.07) is 8.14. The number of aryl methyl sites for hydroxylation is 1. The molecule has 0 atom stereocenters. The minimum atomic E-state index is -4.60. The second kappa shape index (κ2) is 10.8. The highest BCUT2D eigenvalue weighted by atomic mass is 35.5. The van der Waals surface area contributed by atoms with Crippen molar-refractivity contribution in [3.8, 4) is 16.9 Å². The first-order chi connectivity index (χ1) is 18.5. The minimum Gasteiger partial charge on any atom is -0.490 e. The lowest BCUT2D eigenvalue weighted by molar-refractivity contribution is -0.141. The van der Waals surface area contributed by atoms with Crippen LogP contribution in [0.25, 0.3) is 21.3 Å². The Labute approximate surface area is 230 Å². The summed E-state index contributed by atoms with van der Waals surface area (Å²) in [5, 5.41) is 10.4. The number of pyridine rings is 1. The molecule has 0 unspecified atom stereocenters. The maximum absolute atomic E-state index is 12.9. The van der Waals surface area contributed by atoms with Gasteiger partial charge in [-0.2, -0.15) is 13.2 Å². The van der Waals surface area contributed by atoms with Gasteiger partial charge in [-0.3, -0.25) is 18.9 Å².